The smallest absolute Gasteiger partial charge is 0.339 e. The standard InChI is InChI=1S/C25H20ClNO4S2/c1-4-30-24(29)18-12-16(6-8-19(18)26)21-10-7-17(31-21)13-22-23(28)27(25(32)33-22)20-9-5-14(2)11-15(20)3/h5-13H,4H2,1-3H3/b22-13-. The van der Waals surface area contributed by atoms with Crippen LogP contribution in [0, 0.1) is 13.8 Å². The van der Waals surface area contributed by atoms with Gasteiger partial charge >= 0.3 is 5.97 Å². The maximum Gasteiger partial charge on any atom is 0.339 e. The fourth-order valence-electron chi connectivity index (χ4n) is 3.49. The van der Waals surface area contributed by atoms with E-state index in [0.717, 1.165) is 16.8 Å². The Morgan fingerprint density at radius 2 is 1.97 bits per heavy atom. The zero-order valence-electron chi connectivity index (χ0n) is 18.2. The lowest BCUT2D eigenvalue weighted by atomic mass is 10.1. The second-order valence-corrected chi connectivity index (χ2v) is 9.51. The predicted molar refractivity (Wildman–Crippen MR) is 137 cm³/mol. The third kappa shape index (κ3) is 4.76. The molecular formula is C25H20ClNO4S2. The minimum absolute atomic E-state index is 0.189. The number of esters is 1. The van der Waals surface area contributed by atoms with Gasteiger partial charge in [-0.3, -0.25) is 9.69 Å². The number of hydrogen-bond donors (Lipinski definition) is 0. The molecule has 0 saturated carbocycles. The number of carbonyl (C=O) groups is 2. The van der Waals surface area contributed by atoms with Gasteiger partial charge in [0.2, 0.25) is 0 Å². The van der Waals surface area contributed by atoms with Gasteiger partial charge in [0.25, 0.3) is 5.91 Å². The minimum Gasteiger partial charge on any atom is -0.462 e. The number of thiocarbonyl (C=S) groups is 1. The zero-order chi connectivity index (χ0) is 23.7. The van der Waals surface area contributed by atoms with Crippen molar-refractivity contribution in [3.8, 4) is 11.3 Å². The van der Waals surface area contributed by atoms with E-state index < -0.39 is 5.97 Å². The van der Waals surface area contributed by atoms with Crippen molar-refractivity contribution >= 4 is 63.5 Å². The van der Waals surface area contributed by atoms with Crippen LogP contribution in [0.2, 0.25) is 5.02 Å². The van der Waals surface area contributed by atoms with Gasteiger partial charge in [0.05, 0.1) is 27.8 Å². The molecule has 1 amide bonds. The fourth-order valence-corrected chi connectivity index (χ4v) is 4.95. The molecule has 1 aliphatic rings. The third-order valence-corrected chi connectivity index (χ3v) is 6.67. The van der Waals surface area contributed by atoms with Crippen LogP contribution in [0.3, 0.4) is 0 Å². The molecule has 8 heteroatoms. The molecule has 0 atom stereocenters. The molecule has 168 valence electrons. The molecule has 33 heavy (non-hydrogen) atoms. The molecule has 3 aromatic rings. The fraction of sp³-hybridized carbons (Fsp3) is 0.160. The second kappa shape index (κ2) is 9.55. The summed E-state index contributed by atoms with van der Waals surface area (Å²) in [6.45, 7) is 5.95. The van der Waals surface area contributed by atoms with Crippen LogP contribution in [-0.2, 0) is 9.53 Å². The van der Waals surface area contributed by atoms with Crippen LogP contribution in [0.1, 0.15) is 34.2 Å². The summed E-state index contributed by atoms with van der Waals surface area (Å²) in [6, 6.07) is 14.4. The highest BCUT2D eigenvalue weighted by molar-refractivity contribution is 8.27. The summed E-state index contributed by atoms with van der Waals surface area (Å²) in [6.07, 6.45) is 1.68. The van der Waals surface area contributed by atoms with Gasteiger partial charge in [-0.25, -0.2) is 4.79 Å². The predicted octanol–water partition coefficient (Wildman–Crippen LogP) is 6.80. The number of hydrogen-bond acceptors (Lipinski definition) is 6. The average molecular weight is 498 g/mol. The van der Waals surface area contributed by atoms with E-state index in [1.807, 2.05) is 32.0 Å². The number of nitrogens with zero attached hydrogens (tertiary/aromatic N) is 1. The Hall–Kier alpha value is -2.87. The molecule has 0 unspecified atom stereocenters. The Bertz CT molecular complexity index is 1310. The number of aryl methyl sites for hydroxylation is 2. The summed E-state index contributed by atoms with van der Waals surface area (Å²) >= 11 is 12.9. The van der Waals surface area contributed by atoms with E-state index in [4.69, 9.17) is 33.0 Å². The molecule has 5 nitrogen and oxygen atoms in total. The monoisotopic (exact) mass is 497 g/mol. The third-order valence-electron chi connectivity index (χ3n) is 5.03. The molecule has 1 aromatic heterocycles. The first-order valence-electron chi connectivity index (χ1n) is 10.2. The van der Waals surface area contributed by atoms with E-state index in [1.54, 1.807) is 48.2 Å². The van der Waals surface area contributed by atoms with Crippen LogP contribution >= 0.6 is 35.6 Å². The van der Waals surface area contributed by atoms with Gasteiger partial charge in [0, 0.05) is 11.6 Å². The Labute approximate surface area is 206 Å². The minimum atomic E-state index is -0.494. The lowest BCUT2D eigenvalue weighted by Gasteiger charge is -2.17. The SMILES string of the molecule is CCOC(=O)c1cc(-c2ccc(/C=C3\SC(=S)N(c4ccc(C)cc4C)C3=O)o2)ccc1Cl. The summed E-state index contributed by atoms with van der Waals surface area (Å²) in [5.41, 5.74) is 3.81. The van der Waals surface area contributed by atoms with Crippen molar-refractivity contribution in [1.29, 1.82) is 0 Å². The average Bonchev–Trinajstić information content (AvgIpc) is 3.34. The van der Waals surface area contributed by atoms with Gasteiger partial charge in [-0.05, 0) is 62.7 Å². The van der Waals surface area contributed by atoms with Gasteiger partial charge in [-0.1, -0.05) is 53.3 Å². The molecule has 1 saturated heterocycles. The number of ether oxygens (including phenoxy) is 1. The molecule has 0 bridgehead atoms. The van der Waals surface area contributed by atoms with Crippen molar-refractivity contribution in [2.24, 2.45) is 0 Å². The number of benzene rings is 2. The quantitative estimate of drug-likeness (QED) is 0.219. The van der Waals surface area contributed by atoms with Gasteiger partial charge < -0.3 is 9.15 Å². The first kappa shape index (κ1) is 23.3. The highest BCUT2D eigenvalue weighted by Gasteiger charge is 2.34. The van der Waals surface area contributed by atoms with Crippen LogP contribution in [0.25, 0.3) is 17.4 Å². The highest BCUT2D eigenvalue weighted by atomic mass is 35.5. The summed E-state index contributed by atoms with van der Waals surface area (Å²) in [4.78, 5) is 27.3. The van der Waals surface area contributed by atoms with Gasteiger partial charge in [0.1, 0.15) is 11.5 Å². The molecule has 1 aliphatic heterocycles. The number of carbonyl (C=O) groups excluding carboxylic acids is 2. The topological polar surface area (TPSA) is 59.8 Å². The molecule has 2 aromatic carbocycles. The number of amides is 1. The number of thioether (sulfide) groups is 1. The lowest BCUT2D eigenvalue weighted by Crippen LogP contribution is -2.28. The molecule has 0 radical (unpaired) electrons. The Morgan fingerprint density at radius 3 is 2.70 bits per heavy atom. The lowest BCUT2D eigenvalue weighted by molar-refractivity contribution is -0.113. The van der Waals surface area contributed by atoms with E-state index in [-0.39, 0.29) is 18.1 Å². The van der Waals surface area contributed by atoms with E-state index in [0.29, 0.717) is 31.3 Å². The van der Waals surface area contributed by atoms with E-state index in [1.165, 1.54) is 11.8 Å². The van der Waals surface area contributed by atoms with Crippen LogP contribution < -0.4 is 4.90 Å². The number of halogens is 1. The number of anilines is 1. The van der Waals surface area contributed by atoms with Crippen molar-refractivity contribution in [2.45, 2.75) is 20.8 Å². The van der Waals surface area contributed by atoms with Gasteiger partial charge in [-0.15, -0.1) is 0 Å². The van der Waals surface area contributed by atoms with E-state index in [9.17, 15) is 9.59 Å². The van der Waals surface area contributed by atoms with E-state index in [2.05, 4.69) is 0 Å². The van der Waals surface area contributed by atoms with Crippen molar-refractivity contribution < 1.29 is 18.7 Å². The first-order valence-corrected chi connectivity index (χ1v) is 11.8. The van der Waals surface area contributed by atoms with Crippen molar-refractivity contribution in [3.63, 3.8) is 0 Å². The van der Waals surface area contributed by atoms with Crippen LogP contribution in [0.15, 0.2) is 57.9 Å². The highest BCUT2D eigenvalue weighted by Crippen LogP contribution is 2.38. The maximum absolute atomic E-state index is 13.1. The Morgan fingerprint density at radius 1 is 1.18 bits per heavy atom. The maximum atomic E-state index is 13.1. The summed E-state index contributed by atoms with van der Waals surface area (Å²) in [7, 11) is 0. The summed E-state index contributed by atoms with van der Waals surface area (Å²) in [5.74, 6) is 0.351. The Kier molecular flexibility index (Phi) is 6.74. The van der Waals surface area contributed by atoms with Crippen LogP contribution in [-0.4, -0.2) is 22.8 Å². The molecule has 0 spiro atoms. The molecule has 2 heterocycles. The molecule has 1 fully saturated rings. The van der Waals surface area contributed by atoms with Crippen molar-refractivity contribution in [3.05, 3.63) is 80.9 Å². The van der Waals surface area contributed by atoms with Gasteiger partial charge in [-0.2, -0.15) is 0 Å². The summed E-state index contributed by atoms with van der Waals surface area (Å²) in [5, 5.41) is 0.305. The summed E-state index contributed by atoms with van der Waals surface area (Å²) < 4.78 is 11.5. The second-order valence-electron chi connectivity index (χ2n) is 7.42. The normalized spacial score (nSPS) is 14.9. The first-order chi connectivity index (χ1) is 15.8. The van der Waals surface area contributed by atoms with E-state index >= 15 is 0 Å². The molecule has 0 aliphatic carbocycles. The van der Waals surface area contributed by atoms with Gasteiger partial charge in [0.15, 0.2) is 4.32 Å². The van der Waals surface area contributed by atoms with Crippen molar-refractivity contribution in [1.82, 2.24) is 0 Å². The number of furan rings is 1. The van der Waals surface area contributed by atoms with Crippen molar-refractivity contribution in [2.75, 3.05) is 11.5 Å². The molecule has 4 rings (SSSR count). The van der Waals surface area contributed by atoms with Crippen LogP contribution in [0.5, 0.6) is 0 Å². The zero-order valence-corrected chi connectivity index (χ0v) is 20.6. The molecular weight excluding hydrogens is 478 g/mol. The van der Waals surface area contributed by atoms with Crippen LogP contribution in [0.4, 0.5) is 5.69 Å². The molecule has 0 N–H and O–H groups in total. The number of rotatable bonds is 5. The Balaban J connectivity index is 1.60. The largest absolute Gasteiger partial charge is 0.462 e.